The monoisotopic (exact) mass is 373 g/mol. The highest BCUT2D eigenvalue weighted by molar-refractivity contribution is 5.74. The number of piperidine rings is 1. The molecule has 0 radical (unpaired) electrons. The van der Waals surface area contributed by atoms with Gasteiger partial charge in [0.1, 0.15) is 0 Å². The lowest BCUT2D eigenvalue weighted by atomic mass is 9.98. The molecule has 2 aliphatic heterocycles. The Morgan fingerprint density at radius 2 is 2.04 bits per heavy atom. The van der Waals surface area contributed by atoms with Gasteiger partial charge in [-0.25, -0.2) is 4.79 Å². The van der Waals surface area contributed by atoms with Gasteiger partial charge in [0.15, 0.2) is 0 Å². The van der Waals surface area contributed by atoms with E-state index in [-0.39, 0.29) is 6.03 Å². The van der Waals surface area contributed by atoms with Crippen LogP contribution in [0.15, 0.2) is 24.5 Å². The molecule has 3 rings (SSSR count). The number of hydrogen-bond donors (Lipinski definition) is 1. The summed E-state index contributed by atoms with van der Waals surface area (Å²) >= 11 is 0. The molecular formula is C21H35N5O. The molecule has 3 heterocycles. The zero-order valence-corrected chi connectivity index (χ0v) is 16.9. The van der Waals surface area contributed by atoms with Crippen molar-refractivity contribution in [1.82, 2.24) is 20.1 Å². The Morgan fingerprint density at radius 3 is 2.74 bits per heavy atom. The van der Waals surface area contributed by atoms with Crippen LogP contribution in [0.1, 0.15) is 39.5 Å². The van der Waals surface area contributed by atoms with E-state index in [4.69, 9.17) is 0 Å². The van der Waals surface area contributed by atoms with Gasteiger partial charge in [0.2, 0.25) is 0 Å². The van der Waals surface area contributed by atoms with Gasteiger partial charge in [-0.05, 0) is 43.9 Å². The van der Waals surface area contributed by atoms with Gasteiger partial charge in [-0.3, -0.25) is 4.98 Å². The van der Waals surface area contributed by atoms with Gasteiger partial charge in [0.25, 0.3) is 0 Å². The molecule has 1 atom stereocenters. The van der Waals surface area contributed by atoms with E-state index >= 15 is 0 Å². The van der Waals surface area contributed by atoms with E-state index in [1.165, 1.54) is 32.4 Å². The molecule has 150 valence electrons. The maximum absolute atomic E-state index is 12.5. The number of aromatic nitrogens is 1. The first-order valence-corrected chi connectivity index (χ1v) is 10.6. The smallest absolute Gasteiger partial charge is 0.317 e. The summed E-state index contributed by atoms with van der Waals surface area (Å²) in [5, 5.41) is 3.16. The molecule has 6 heteroatoms. The van der Waals surface area contributed by atoms with Crippen molar-refractivity contribution in [3.05, 3.63) is 24.5 Å². The van der Waals surface area contributed by atoms with Crippen molar-refractivity contribution in [2.24, 2.45) is 5.92 Å². The summed E-state index contributed by atoms with van der Waals surface area (Å²) in [6.45, 7) is 11.0. The summed E-state index contributed by atoms with van der Waals surface area (Å²) in [5.74, 6) is 0.705. The van der Waals surface area contributed by atoms with Crippen molar-refractivity contribution >= 4 is 11.7 Å². The second-order valence-electron chi connectivity index (χ2n) is 8.24. The van der Waals surface area contributed by atoms with Crippen molar-refractivity contribution in [2.45, 2.75) is 45.6 Å². The molecule has 27 heavy (non-hydrogen) atoms. The second-order valence-corrected chi connectivity index (χ2v) is 8.24. The molecule has 6 nitrogen and oxygen atoms in total. The number of pyridine rings is 1. The quantitative estimate of drug-likeness (QED) is 0.833. The van der Waals surface area contributed by atoms with Crippen LogP contribution in [-0.2, 0) is 0 Å². The summed E-state index contributed by atoms with van der Waals surface area (Å²) in [6, 6.07) is 4.76. The normalized spacial score (nSPS) is 21.5. The van der Waals surface area contributed by atoms with Gasteiger partial charge in [-0.1, -0.05) is 20.3 Å². The third-order valence-corrected chi connectivity index (χ3v) is 5.68. The number of hydrogen-bond acceptors (Lipinski definition) is 4. The van der Waals surface area contributed by atoms with Crippen LogP contribution >= 0.6 is 0 Å². The number of anilines is 1. The average Bonchev–Trinajstić information content (AvgIpc) is 2.69. The van der Waals surface area contributed by atoms with E-state index < -0.39 is 0 Å². The van der Waals surface area contributed by atoms with Crippen molar-refractivity contribution in [1.29, 1.82) is 0 Å². The number of urea groups is 1. The van der Waals surface area contributed by atoms with Crippen LogP contribution < -0.4 is 10.2 Å². The maximum Gasteiger partial charge on any atom is 0.317 e. The van der Waals surface area contributed by atoms with Gasteiger partial charge in [0.05, 0.1) is 11.9 Å². The minimum absolute atomic E-state index is 0.0899. The highest BCUT2D eigenvalue weighted by Gasteiger charge is 2.24. The zero-order valence-electron chi connectivity index (χ0n) is 16.9. The van der Waals surface area contributed by atoms with Crippen molar-refractivity contribution in [3.63, 3.8) is 0 Å². The summed E-state index contributed by atoms with van der Waals surface area (Å²) < 4.78 is 0. The molecule has 2 saturated heterocycles. The van der Waals surface area contributed by atoms with Crippen LogP contribution in [0.5, 0.6) is 0 Å². The molecule has 0 spiro atoms. The first kappa shape index (κ1) is 19.9. The van der Waals surface area contributed by atoms with Crippen molar-refractivity contribution in [2.75, 3.05) is 50.7 Å². The number of piperazine rings is 1. The number of carbonyl (C=O) groups is 1. The number of likely N-dealkylation sites (tertiary alicyclic amines) is 1. The largest absolute Gasteiger partial charge is 0.367 e. The highest BCUT2D eigenvalue weighted by atomic mass is 16.2. The summed E-state index contributed by atoms with van der Waals surface area (Å²) in [6.07, 6.45) is 8.66. The first-order valence-electron chi connectivity index (χ1n) is 10.6. The number of nitrogens with zero attached hydrogens (tertiary/aromatic N) is 4. The predicted octanol–water partition coefficient (Wildman–Crippen LogP) is 2.81. The molecule has 1 N–H and O–H groups in total. The van der Waals surface area contributed by atoms with Crippen LogP contribution in [0.25, 0.3) is 0 Å². The second kappa shape index (κ2) is 9.93. The Labute approximate surface area is 163 Å². The van der Waals surface area contributed by atoms with Crippen molar-refractivity contribution in [3.8, 4) is 0 Å². The minimum Gasteiger partial charge on any atom is -0.367 e. The Kier molecular flexibility index (Phi) is 7.33. The first-order chi connectivity index (χ1) is 13.1. The third-order valence-electron chi connectivity index (χ3n) is 5.68. The van der Waals surface area contributed by atoms with Gasteiger partial charge < -0.3 is 20.0 Å². The average molecular weight is 374 g/mol. The Morgan fingerprint density at radius 1 is 1.22 bits per heavy atom. The minimum atomic E-state index is 0.0899. The molecule has 2 aliphatic rings. The fourth-order valence-corrected chi connectivity index (χ4v) is 4.26. The predicted molar refractivity (Wildman–Crippen MR) is 110 cm³/mol. The van der Waals surface area contributed by atoms with Crippen LogP contribution in [0.2, 0.25) is 0 Å². The van der Waals surface area contributed by atoms with E-state index in [2.05, 4.69) is 40.0 Å². The summed E-state index contributed by atoms with van der Waals surface area (Å²) in [5.41, 5.74) is 1.14. The SMILES string of the molecule is CC(C)CN1CCCCC1CCNC(=O)N1CCN(c2cccnc2)CC1. The molecule has 2 amide bonds. The van der Waals surface area contributed by atoms with Crippen LogP contribution in [0, 0.1) is 5.92 Å². The number of carbonyl (C=O) groups excluding carboxylic acids is 1. The lowest BCUT2D eigenvalue weighted by molar-refractivity contribution is 0.124. The molecule has 2 fully saturated rings. The standard InChI is InChI=1S/C21H35N5O/c1-18(2)17-26-11-4-3-6-19(26)8-10-23-21(27)25-14-12-24(13-15-25)20-7-5-9-22-16-20/h5,7,9,16,18-19H,3-4,6,8,10-15,17H2,1-2H3,(H,23,27). The van der Waals surface area contributed by atoms with Gasteiger partial charge in [0, 0.05) is 51.5 Å². The molecular weight excluding hydrogens is 338 g/mol. The lowest BCUT2D eigenvalue weighted by Crippen LogP contribution is -2.52. The Balaban J connectivity index is 1.38. The third kappa shape index (κ3) is 5.83. The van der Waals surface area contributed by atoms with Gasteiger partial charge >= 0.3 is 6.03 Å². The molecule has 1 aromatic heterocycles. The molecule has 1 aromatic rings. The molecule has 0 saturated carbocycles. The topological polar surface area (TPSA) is 51.7 Å². The van der Waals surface area contributed by atoms with E-state index in [0.29, 0.717) is 12.0 Å². The Hall–Kier alpha value is -1.82. The van der Waals surface area contributed by atoms with Gasteiger partial charge in [-0.2, -0.15) is 0 Å². The molecule has 1 unspecified atom stereocenters. The number of amides is 2. The highest BCUT2D eigenvalue weighted by Crippen LogP contribution is 2.20. The maximum atomic E-state index is 12.5. The number of rotatable bonds is 6. The van der Waals surface area contributed by atoms with E-state index in [1.54, 1.807) is 6.20 Å². The number of nitrogens with one attached hydrogen (secondary N) is 1. The molecule has 0 bridgehead atoms. The van der Waals surface area contributed by atoms with E-state index in [1.807, 2.05) is 17.2 Å². The lowest BCUT2D eigenvalue weighted by Gasteiger charge is -2.37. The van der Waals surface area contributed by atoms with E-state index in [0.717, 1.165) is 44.8 Å². The zero-order chi connectivity index (χ0) is 19.1. The summed E-state index contributed by atoms with van der Waals surface area (Å²) in [7, 11) is 0. The van der Waals surface area contributed by atoms with Crippen LogP contribution in [0.4, 0.5) is 10.5 Å². The fraction of sp³-hybridized carbons (Fsp3) is 0.714. The van der Waals surface area contributed by atoms with Crippen LogP contribution in [0.3, 0.4) is 0 Å². The summed E-state index contributed by atoms with van der Waals surface area (Å²) in [4.78, 5) is 23.6. The Bertz CT molecular complexity index is 571. The van der Waals surface area contributed by atoms with Crippen molar-refractivity contribution < 1.29 is 4.79 Å². The van der Waals surface area contributed by atoms with E-state index in [9.17, 15) is 4.79 Å². The van der Waals surface area contributed by atoms with Gasteiger partial charge in [-0.15, -0.1) is 0 Å². The fourth-order valence-electron chi connectivity index (χ4n) is 4.26. The van der Waals surface area contributed by atoms with Crippen LogP contribution in [-0.4, -0.2) is 72.7 Å². The molecule has 0 aromatic carbocycles. The molecule has 0 aliphatic carbocycles.